The zero-order valence-corrected chi connectivity index (χ0v) is 13.6. The number of hydrogen-bond donors (Lipinski definition) is 2. The highest BCUT2D eigenvalue weighted by molar-refractivity contribution is 5.81. The number of aliphatic carboxylic acids is 1. The maximum atomic E-state index is 12.4. The maximum absolute atomic E-state index is 12.4. The van der Waals surface area contributed by atoms with Gasteiger partial charge < -0.3 is 10.4 Å². The summed E-state index contributed by atoms with van der Waals surface area (Å²) in [5.74, 6) is -1.40. The number of rotatable bonds is 4. The highest BCUT2D eigenvalue weighted by Gasteiger charge is 2.42. The highest BCUT2D eigenvalue weighted by Crippen LogP contribution is 2.34. The first kappa shape index (κ1) is 16.5. The van der Waals surface area contributed by atoms with Gasteiger partial charge in [-0.1, -0.05) is 36.6 Å². The molecular formula is C18H25NO3. The molecule has 22 heavy (non-hydrogen) atoms. The predicted octanol–water partition coefficient (Wildman–Crippen LogP) is 3.00. The molecule has 0 spiro atoms. The van der Waals surface area contributed by atoms with Gasteiger partial charge in [-0.05, 0) is 44.7 Å². The molecule has 0 aliphatic heterocycles. The summed E-state index contributed by atoms with van der Waals surface area (Å²) in [5.41, 5.74) is 2.58. The molecule has 1 aliphatic rings. The van der Waals surface area contributed by atoms with E-state index in [1.54, 1.807) is 0 Å². The van der Waals surface area contributed by atoms with Crippen LogP contribution in [0.15, 0.2) is 18.2 Å². The first-order valence-electron chi connectivity index (χ1n) is 7.92. The fourth-order valence-electron chi connectivity index (χ4n) is 3.41. The summed E-state index contributed by atoms with van der Waals surface area (Å²) in [6.07, 6.45) is 3.54. The van der Waals surface area contributed by atoms with E-state index >= 15 is 0 Å². The molecule has 1 aliphatic carbocycles. The van der Waals surface area contributed by atoms with Crippen LogP contribution in [0.25, 0.3) is 0 Å². The third-order valence-corrected chi connectivity index (χ3v) is 4.79. The van der Waals surface area contributed by atoms with Gasteiger partial charge in [-0.2, -0.15) is 0 Å². The van der Waals surface area contributed by atoms with Crippen LogP contribution in [-0.4, -0.2) is 22.5 Å². The second-order valence-electron chi connectivity index (χ2n) is 6.71. The fourth-order valence-corrected chi connectivity index (χ4v) is 3.41. The van der Waals surface area contributed by atoms with Gasteiger partial charge in [0.1, 0.15) is 0 Å². The molecule has 1 aromatic rings. The number of hydrogen-bond acceptors (Lipinski definition) is 2. The van der Waals surface area contributed by atoms with Crippen LogP contribution in [0.1, 0.15) is 49.3 Å². The first-order chi connectivity index (χ1) is 10.3. The molecule has 4 nitrogen and oxygen atoms in total. The second kappa shape index (κ2) is 6.51. The number of amides is 1. The minimum absolute atomic E-state index is 0.0932. The van der Waals surface area contributed by atoms with Crippen molar-refractivity contribution in [2.45, 2.75) is 58.4 Å². The van der Waals surface area contributed by atoms with Crippen LogP contribution in [0.4, 0.5) is 0 Å². The Morgan fingerprint density at radius 1 is 1.32 bits per heavy atom. The van der Waals surface area contributed by atoms with Gasteiger partial charge in [-0.25, -0.2) is 0 Å². The smallest absolute Gasteiger partial charge is 0.308 e. The van der Waals surface area contributed by atoms with Gasteiger partial charge in [0.15, 0.2) is 0 Å². The van der Waals surface area contributed by atoms with Gasteiger partial charge in [0.2, 0.25) is 5.91 Å². The molecule has 0 radical (unpaired) electrons. The van der Waals surface area contributed by atoms with Gasteiger partial charge >= 0.3 is 5.97 Å². The molecule has 0 heterocycles. The van der Waals surface area contributed by atoms with Gasteiger partial charge in [0.05, 0.1) is 17.9 Å². The Labute approximate surface area is 131 Å². The summed E-state index contributed by atoms with van der Waals surface area (Å²) in [6.45, 7) is 5.86. The summed E-state index contributed by atoms with van der Waals surface area (Å²) in [4.78, 5) is 23.9. The third-order valence-electron chi connectivity index (χ3n) is 4.79. The maximum Gasteiger partial charge on any atom is 0.308 e. The van der Waals surface area contributed by atoms with Crippen LogP contribution in [0, 0.1) is 19.8 Å². The summed E-state index contributed by atoms with van der Waals surface area (Å²) in [5, 5.41) is 12.4. The number of carbonyl (C=O) groups is 2. The number of aryl methyl sites for hydroxylation is 2. The summed E-state index contributed by atoms with van der Waals surface area (Å²) < 4.78 is 0. The van der Waals surface area contributed by atoms with Crippen LogP contribution in [0.5, 0.6) is 0 Å². The lowest BCUT2D eigenvalue weighted by Crippen LogP contribution is -2.55. The fraction of sp³-hybridized carbons (Fsp3) is 0.556. The van der Waals surface area contributed by atoms with E-state index in [9.17, 15) is 14.7 Å². The largest absolute Gasteiger partial charge is 0.481 e. The van der Waals surface area contributed by atoms with Crippen molar-refractivity contribution in [3.05, 3.63) is 34.9 Å². The van der Waals surface area contributed by atoms with E-state index in [1.165, 1.54) is 0 Å². The van der Waals surface area contributed by atoms with Crippen LogP contribution in [-0.2, 0) is 16.0 Å². The standard InChI is InChI=1S/C18H25NO3/c1-12-7-8-13(2)14(10-12)11-16(20)19-18(3)9-5-4-6-15(18)17(21)22/h7-8,10,15H,4-6,9,11H2,1-3H3,(H,19,20)(H,21,22). The van der Waals surface area contributed by atoms with Gasteiger partial charge in [-0.3, -0.25) is 9.59 Å². The molecular weight excluding hydrogens is 278 g/mol. The van der Waals surface area contributed by atoms with E-state index in [2.05, 4.69) is 5.32 Å². The third kappa shape index (κ3) is 3.67. The number of carboxylic acid groups (broad SMARTS) is 1. The summed E-state index contributed by atoms with van der Waals surface area (Å²) >= 11 is 0. The Hall–Kier alpha value is -1.84. The van der Waals surface area contributed by atoms with E-state index < -0.39 is 17.4 Å². The van der Waals surface area contributed by atoms with Gasteiger partial charge in [0, 0.05) is 0 Å². The zero-order chi connectivity index (χ0) is 16.3. The van der Waals surface area contributed by atoms with Gasteiger partial charge in [0.25, 0.3) is 0 Å². The molecule has 1 aromatic carbocycles. The molecule has 1 saturated carbocycles. The van der Waals surface area contributed by atoms with Crippen molar-refractivity contribution < 1.29 is 14.7 Å². The number of nitrogens with one attached hydrogen (secondary N) is 1. The highest BCUT2D eigenvalue weighted by atomic mass is 16.4. The van der Waals surface area contributed by atoms with Crippen molar-refractivity contribution in [3.63, 3.8) is 0 Å². The number of carboxylic acids is 1. The molecule has 2 unspecified atom stereocenters. The Kier molecular flexibility index (Phi) is 4.89. The topological polar surface area (TPSA) is 66.4 Å². The molecule has 0 aromatic heterocycles. The molecule has 120 valence electrons. The van der Waals surface area contributed by atoms with E-state index in [-0.39, 0.29) is 5.91 Å². The number of carbonyl (C=O) groups excluding carboxylic acids is 1. The van der Waals surface area contributed by atoms with Gasteiger partial charge in [-0.15, -0.1) is 0 Å². The molecule has 2 atom stereocenters. The monoisotopic (exact) mass is 303 g/mol. The normalized spacial score (nSPS) is 24.8. The van der Waals surface area contributed by atoms with Crippen molar-refractivity contribution in [3.8, 4) is 0 Å². The predicted molar refractivity (Wildman–Crippen MR) is 85.8 cm³/mol. The Balaban J connectivity index is 2.10. The van der Waals surface area contributed by atoms with Crippen LogP contribution >= 0.6 is 0 Å². The van der Waals surface area contributed by atoms with Crippen LogP contribution in [0.3, 0.4) is 0 Å². The average molecular weight is 303 g/mol. The van der Waals surface area contributed by atoms with Crippen molar-refractivity contribution >= 4 is 11.9 Å². The van der Waals surface area contributed by atoms with E-state index in [4.69, 9.17) is 0 Å². The zero-order valence-electron chi connectivity index (χ0n) is 13.6. The first-order valence-corrected chi connectivity index (χ1v) is 7.92. The van der Waals surface area contributed by atoms with Crippen molar-refractivity contribution in [1.82, 2.24) is 5.32 Å². The van der Waals surface area contributed by atoms with Crippen molar-refractivity contribution in [1.29, 1.82) is 0 Å². The lowest BCUT2D eigenvalue weighted by atomic mass is 9.73. The lowest BCUT2D eigenvalue weighted by molar-refractivity contribution is -0.146. The van der Waals surface area contributed by atoms with E-state index in [0.29, 0.717) is 12.8 Å². The second-order valence-corrected chi connectivity index (χ2v) is 6.71. The average Bonchev–Trinajstić information content (AvgIpc) is 2.42. The molecule has 1 fully saturated rings. The van der Waals surface area contributed by atoms with Crippen molar-refractivity contribution in [2.75, 3.05) is 0 Å². The Bertz CT molecular complexity index is 582. The SMILES string of the molecule is Cc1ccc(C)c(CC(=O)NC2(C)CCCCC2C(=O)O)c1. The summed E-state index contributed by atoms with van der Waals surface area (Å²) in [7, 11) is 0. The Morgan fingerprint density at radius 2 is 2.05 bits per heavy atom. The minimum Gasteiger partial charge on any atom is -0.481 e. The van der Waals surface area contributed by atoms with E-state index in [1.807, 2.05) is 39.0 Å². The molecule has 1 amide bonds. The minimum atomic E-state index is -0.811. The molecule has 4 heteroatoms. The van der Waals surface area contributed by atoms with Crippen LogP contribution in [0.2, 0.25) is 0 Å². The molecule has 0 saturated heterocycles. The Morgan fingerprint density at radius 3 is 2.73 bits per heavy atom. The quantitative estimate of drug-likeness (QED) is 0.898. The van der Waals surface area contributed by atoms with E-state index in [0.717, 1.165) is 36.0 Å². The molecule has 2 N–H and O–H groups in total. The molecule has 2 rings (SSSR count). The lowest BCUT2D eigenvalue weighted by Gasteiger charge is -2.39. The number of benzene rings is 1. The van der Waals surface area contributed by atoms with Crippen molar-refractivity contribution in [2.24, 2.45) is 5.92 Å². The van der Waals surface area contributed by atoms with Crippen LogP contribution < -0.4 is 5.32 Å². The molecule has 0 bridgehead atoms. The summed E-state index contributed by atoms with van der Waals surface area (Å²) in [6, 6.07) is 6.06.